The normalized spacial score (nSPS) is 13.7. The Kier molecular flexibility index (Phi) is 6.48. The van der Waals surface area contributed by atoms with Crippen LogP contribution in [0.1, 0.15) is 46.1 Å². The molecule has 182 valence electrons. The Morgan fingerprint density at radius 3 is 2.86 bits per heavy atom. The van der Waals surface area contributed by atoms with Crippen LogP contribution in [0.2, 0.25) is 0 Å². The molecule has 0 atom stereocenters. The van der Waals surface area contributed by atoms with Crippen molar-refractivity contribution in [1.82, 2.24) is 24.4 Å². The molecule has 10 heteroatoms. The van der Waals surface area contributed by atoms with Crippen molar-refractivity contribution in [1.29, 1.82) is 0 Å². The minimum Gasteiger partial charge on any atom is -0.383 e. The number of nitrogens with one attached hydrogen (secondary N) is 1. The van der Waals surface area contributed by atoms with Crippen molar-refractivity contribution in [3.63, 3.8) is 0 Å². The van der Waals surface area contributed by atoms with Crippen molar-refractivity contribution < 1.29 is 9.53 Å². The van der Waals surface area contributed by atoms with Crippen molar-refractivity contribution in [2.75, 3.05) is 20.3 Å². The monoisotopic (exact) mass is 493 g/mol. The lowest BCUT2D eigenvalue weighted by atomic mass is 10.2. The second kappa shape index (κ2) is 9.71. The summed E-state index contributed by atoms with van der Waals surface area (Å²) in [5.74, 6) is 0.953. The fourth-order valence-electron chi connectivity index (χ4n) is 4.60. The van der Waals surface area contributed by atoms with Crippen LogP contribution in [0.3, 0.4) is 0 Å². The molecule has 35 heavy (non-hydrogen) atoms. The molecule has 9 nitrogen and oxygen atoms in total. The lowest BCUT2D eigenvalue weighted by Crippen LogP contribution is -2.34. The van der Waals surface area contributed by atoms with Crippen LogP contribution in [-0.4, -0.2) is 50.6 Å². The summed E-state index contributed by atoms with van der Waals surface area (Å²) in [6, 6.07) is 7.09. The number of H-pyrrole nitrogens is 1. The van der Waals surface area contributed by atoms with Crippen molar-refractivity contribution >= 4 is 38.4 Å². The van der Waals surface area contributed by atoms with Crippen molar-refractivity contribution in [2.45, 2.75) is 45.7 Å². The van der Waals surface area contributed by atoms with E-state index in [0.29, 0.717) is 57.1 Å². The number of carbonyl (C=O) groups excluding carboxylic acids is 1. The van der Waals surface area contributed by atoms with Gasteiger partial charge in [0.25, 0.3) is 17.0 Å². The van der Waals surface area contributed by atoms with Gasteiger partial charge in [0, 0.05) is 26.6 Å². The van der Waals surface area contributed by atoms with Crippen molar-refractivity contribution in [3.05, 3.63) is 67.1 Å². The number of fused-ring (bicyclic) bond motifs is 3. The molecule has 0 aliphatic carbocycles. The summed E-state index contributed by atoms with van der Waals surface area (Å²) >= 11 is 1.26. The number of aryl methyl sites for hydroxylation is 2. The molecule has 0 fully saturated rings. The van der Waals surface area contributed by atoms with Gasteiger partial charge in [0.2, 0.25) is 0 Å². The minimum atomic E-state index is -0.249. The van der Waals surface area contributed by atoms with Gasteiger partial charge in [-0.3, -0.25) is 19.0 Å². The van der Waals surface area contributed by atoms with Crippen LogP contribution in [-0.2, 0) is 24.2 Å². The zero-order valence-electron chi connectivity index (χ0n) is 19.8. The topological polar surface area (TPSA) is 110 Å². The number of aromatic amines is 1. The maximum absolute atomic E-state index is 13.7. The quantitative estimate of drug-likeness (QED) is 0.442. The third-order valence-corrected chi connectivity index (χ3v) is 7.63. The van der Waals surface area contributed by atoms with E-state index in [1.54, 1.807) is 34.8 Å². The molecule has 1 N–H and O–H groups in total. The van der Waals surface area contributed by atoms with Crippen LogP contribution >= 0.6 is 11.3 Å². The summed E-state index contributed by atoms with van der Waals surface area (Å²) in [6.07, 6.45) is 3.82. The molecule has 0 bridgehead atoms. The highest BCUT2D eigenvalue weighted by Crippen LogP contribution is 2.29. The van der Waals surface area contributed by atoms with E-state index in [9.17, 15) is 14.4 Å². The number of nitrogens with zero attached hydrogens (tertiary/aromatic N) is 4. The number of aromatic nitrogens is 4. The van der Waals surface area contributed by atoms with Gasteiger partial charge in [-0.25, -0.2) is 9.97 Å². The van der Waals surface area contributed by atoms with E-state index in [1.165, 1.54) is 11.3 Å². The lowest BCUT2D eigenvalue weighted by molar-refractivity contribution is 0.0679. The van der Waals surface area contributed by atoms with Gasteiger partial charge in [-0.05, 0) is 37.5 Å². The van der Waals surface area contributed by atoms with E-state index in [4.69, 9.17) is 9.72 Å². The molecule has 1 aliphatic heterocycles. The molecule has 0 saturated carbocycles. The highest BCUT2D eigenvalue weighted by atomic mass is 32.1. The standard InChI is InChI=1S/C25H27N5O4S/c1-15-20-23(28-19-10-4-3-7-11-30(19)24(20)32)35-21(15)25(33)29(12-13-34-2)14-18-26-17-9-6-5-8-16(17)22(31)27-18/h5-6,8-9H,3-4,7,10-14H2,1-2H3,(H,26,27,31). The molecule has 0 spiro atoms. The molecule has 1 aliphatic rings. The number of methoxy groups -OCH3 is 1. The first kappa shape index (κ1) is 23.4. The number of ether oxygens (including phenoxy) is 1. The largest absolute Gasteiger partial charge is 0.383 e. The van der Waals surface area contributed by atoms with Crippen molar-refractivity contribution in [3.8, 4) is 0 Å². The molecule has 3 aromatic heterocycles. The number of hydrogen-bond donors (Lipinski definition) is 1. The fourth-order valence-corrected chi connectivity index (χ4v) is 5.76. The van der Waals surface area contributed by atoms with E-state index in [0.717, 1.165) is 31.5 Å². The Morgan fingerprint density at radius 1 is 1.20 bits per heavy atom. The number of benzene rings is 1. The molecule has 4 aromatic rings. The Balaban J connectivity index is 1.53. The van der Waals surface area contributed by atoms with Crippen molar-refractivity contribution in [2.24, 2.45) is 0 Å². The highest BCUT2D eigenvalue weighted by molar-refractivity contribution is 7.20. The predicted octanol–water partition coefficient (Wildman–Crippen LogP) is 3.02. The van der Waals surface area contributed by atoms with Gasteiger partial charge in [-0.1, -0.05) is 18.6 Å². The van der Waals surface area contributed by atoms with Gasteiger partial charge in [-0.15, -0.1) is 11.3 Å². The van der Waals surface area contributed by atoms with Crippen LogP contribution in [0.15, 0.2) is 33.9 Å². The zero-order chi connectivity index (χ0) is 24.5. The number of amides is 1. The first-order chi connectivity index (χ1) is 17.0. The van der Waals surface area contributed by atoms with Gasteiger partial charge < -0.3 is 14.6 Å². The SMILES string of the molecule is COCCN(Cc1nc2ccccc2c(=O)[nH]1)C(=O)c1sc2nc3n(c(=O)c2c1C)CCCCC3. The van der Waals surface area contributed by atoms with Gasteiger partial charge in [0.05, 0.1) is 34.3 Å². The van der Waals surface area contributed by atoms with Crippen LogP contribution in [0.25, 0.3) is 21.1 Å². The average Bonchev–Trinajstić information content (AvgIpc) is 3.01. The first-order valence-corrected chi connectivity index (χ1v) is 12.6. The molecule has 0 radical (unpaired) electrons. The summed E-state index contributed by atoms with van der Waals surface area (Å²) in [4.78, 5) is 54.3. The van der Waals surface area contributed by atoms with Crippen LogP contribution in [0.4, 0.5) is 0 Å². The van der Waals surface area contributed by atoms with E-state index in [1.807, 2.05) is 13.0 Å². The van der Waals surface area contributed by atoms with E-state index in [2.05, 4.69) is 9.97 Å². The van der Waals surface area contributed by atoms with Crippen LogP contribution in [0.5, 0.6) is 0 Å². The summed E-state index contributed by atoms with van der Waals surface area (Å²) < 4.78 is 7.00. The maximum atomic E-state index is 13.7. The average molecular weight is 494 g/mol. The third kappa shape index (κ3) is 4.39. The minimum absolute atomic E-state index is 0.0660. The Labute approximate surface area is 205 Å². The van der Waals surface area contributed by atoms with Gasteiger partial charge >= 0.3 is 0 Å². The Bertz CT molecular complexity index is 1540. The van der Waals surface area contributed by atoms with Gasteiger partial charge in [-0.2, -0.15) is 0 Å². The Morgan fingerprint density at radius 2 is 2.03 bits per heavy atom. The first-order valence-electron chi connectivity index (χ1n) is 11.8. The second-order valence-electron chi connectivity index (χ2n) is 8.78. The van der Waals surface area contributed by atoms with Gasteiger partial charge in [0.15, 0.2) is 0 Å². The molecule has 1 aromatic carbocycles. The molecule has 1 amide bonds. The number of para-hydroxylation sites is 1. The van der Waals surface area contributed by atoms with Gasteiger partial charge in [0.1, 0.15) is 16.5 Å². The zero-order valence-corrected chi connectivity index (χ0v) is 20.6. The van der Waals surface area contributed by atoms with E-state index >= 15 is 0 Å². The number of rotatable bonds is 6. The molecular formula is C25H27N5O4S. The molecule has 5 rings (SSSR count). The van der Waals surface area contributed by atoms with E-state index < -0.39 is 0 Å². The number of hydrogen-bond acceptors (Lipinski definition) is 7. The predicted molar refractivity (Wildman–Crippen MR) is 135 cm³/mol. The summed E-state index contributed by atoms with van der Waals surface area (Å²) in [7, 11) is 1.57. The molecule has 4 heterocycles. The lowest BCUT2D eigenvalue weighted by Gasteiger charge is -2.21. The molecule has 0 saturated heterocycles. The molecule has 0 unspecified atom stereocenters. The summed E-state index contributed by atoms with van der Waals surface area (Å²) in [5, 5.41) is 1.02. The highest BCUT2D eigenvalue weighted by Gasteiger charge is 2.26. The van der Waals surface area contributed by atoms with Crippen LogP contribution < -0.4 is 11.1 Å². The third-order valence-electron chi connectivity index (χ3n) is 6.46. The maximum Gasteiger partial charge on any atom is 0.264 e. The fraction of sp³-hybridized carbons (Fsp3) is 0.400. The number of carbonyl (C=O) groups is 1. The second-order valence-corrected chi connectivity index (χ2v) is 9.78. The van der Waals surface area contributed by atoms with Crippen LogP contribution in [0, 0.1) is 6.92 Å². The summed E-state index contributed by atoms with van der Waals surface area (Å²) in [5.41, 5.74) is 0.904. The summed E-state index contributed by atoms with van der Waals surface area (Å²) in [6.45, 7) is 3.21. The van der Waals surface area contributed by atoms with E-state index in [-0.39, 0.29) is 23.6 Å². The molecular weight excluding hydrogens is 466 g/mol. The smallest absolute Gasteiger partial charge is 0.264 e. The Hall–Kier alpha value is -3.37. The number of thiophene rings is 1.